The Balaban J connectivity index is 1.40. The standard InChI is InChI=1S/C25H25N3O2/c1-18-16-20-11-5-6-12-23(20)28(18)25(30)22-17-21(13-15-26-22)24(29)27-14-7-10-19-8-3-2-4-9-19/h2-6,8-9,11-13,15,17-18H,7,10,14,16H2,1H3,(H,27,29). The van der Waals surface area contributed by atoms with E-state index in [0.717, 1.165) is 30.5 Å². The molecule has 30 heavy (non-hydrogen) atoms. The second-order valence-electron chi connectivity index (χ2n) is 7.63. The predicted molar refractivity (Wildman–Crippen MR) is 118 cm³/mol. The van der Waals surface area contributed by atoms with Gasteiger partial charge in [-0.3, -0.25) is 14.6 Å². The second kappa shape index (κ2) is 8.91. The van der Waals surface area contributed by atoms with Gasteiger partial charge in [-0.25, -0.2) is 0 Å². The largest absolute Gasteiger partial charge is 0.352 e. The molecule has 1 atom stereocenters. The highest BCUT2D eigenvalue weighted by Gasteiger charge is 2.32. The lowest BCUT2D eigenvalue weighted by Crippen LogP contribution is -2.36. The Hall–Kier alpha value is -3.47. The molecule has 0 bridgehead atoms. The summed E-state index contributed by atoms with van der Waals surface area (Å²) in [6, 6.07) is 21.4. The lowest BCUT2D eigenvalue weighted by Gasteiger charge is -2.22. The van der Waals surface area contributed by atoms with Gasteiger partial charge in [-0.2, -0.15) is 0 Å². The molecule has 5 nitrogen and oxygen atoms in total. The number of carbonyl (C=O) groups is 2. The fourth-order valence-electron chi connectivity index (χ4n) is 3.93. The van der Waals surface area contributed by atoms with Crippen LogP contribution in [0.1, 0.15) is 45.3 Å². The number of anilines is 1. The predicted octanol–water partition coefficient (Wildman–Crippen LogP) is 4.04. The van der Waals surface area contributed by atoms with E-state index in [9.17, 15) is 9.59 Å². The quantitative estimate of drug-likeness (QED) is 0.637. The molecule has 0 aliphatic carbocycles. The Morgan fingerprint density at radius 2 is 1.83 bits per heavy atom. The van der Waals surface area contributed by atoms with Crippen LogP contribution >= 0.6 is 0 Å². The zero-order valence-corrected chi connectivity index (χ0v) is 17.0. The molecule has 2 aromatic carbocycles. The van der Waals surface area contributed by atoms with E-state index < -0.39 is 0 Å². The number of aromatic nitrogens is 1. The highest BCUT2D eigenvalue weighted by Crippen LogP contribution is 2.32. The van der Waals surface area contributed by atoms with Crippen LogP contribution in [0.3, 0.4) is 0 Å². The molecule has 0 radical (unpaired) electrons. The Kier molecular flexibility index (Phi) is 5.89. The first-order valence-corrected chi connectivity index (χ1v) is 10.3. The van der Waals surface area contributed by atoms with Crippen LogP contribution in [0.4, 0.5) is 5.69 Å². The molecule has 1 aliphatic rings. The number of nitrogens with one attached hydrogen (secondary N) is 1. The van der Waals surface area contributed by atoms with Crippen molar-refractivity contribution < 1.29 is 9.59 Å². The van der Waals surface area contributed by atoms with E-state index in [1.807, 2.05) is 49.4 Å². The SMILES string of the molecule is CC1Cc2ccccc2N1C(=O)c1cc(C(=O)NCCCc2ccccc2)ccn1. The molecule has 1 aromatic heterocycles. The topological polar surface area (TPSA) is 62.3 Å². The highest BCUT2D eigenvalue weighted by atomic mass is 16.2. The second-order valence-corrected chi connectivity index (χ2v) is 7.63. The first-order chi connectivity index (χ1) is 14.6. The van der Waals surface area contributed by atoms with Crippen LogP contribution in [-0.4, -0.2) is 29.4 Å². The van der Waals surface area contributed by atoms with E-state index in [2.05, 4.69) is 22.4 Å². The van der Waals surface area contributed by atoms with Gasteiger partial charge in [0.25, 0.3) is 11.8 Å². The molecule has 0 saturated carbocycles. The highest BCUT2D eigenvalue weighted by molar-refractivity contribution is 6.07. The van der Waals surface area contributed by atoms with Gasteiger partial charge in [0.15, 0.2) is 0 Å². The minimum atomic E-state index is -0.186. The maximum Gasteiger partial charge on any atom is 0.277 e. The number of hydrogen-bond donors (Lipinski definition) is 1. The number of hydrogen-bond acceptors (Lipinski definition) is 3. The van der Waals surface area contributed by atoms with E-state index in [0.29, 0.717) is 12.1 Å². The summed E-state index contributed by atoms with van der Waals surface area (Å²) in [6.45, 7) is 2.61. The number of nitrogens with zero attached hydrogens (tertiary/aromatic N) is 2. The Morgan fingerprint density at radius 1 is 1.07 bits per heavy atom. The summed E-state index contributed by atoms with van der Waals surface area (Å²) in [5.74, 6) is -0.361. The van der Waals surface area contributed by atoms with Crippen molar-refractivity contribution in [3.8, 4) is 0 Å². The Labute approximate surface area is 176 Å². The van der Waals surface area contributed by atoms with Gasteiger partial charge < -0.3 is 10.2 Å². The van der Waals surface area contributed by atoms with Crippen molar-refractivity contribution in [2.45, 2.75) is 32.2 Å². The van der Waals surface area contributed by atoms with Crippen molar-refractivity contribution in [1.82, 2.24) is 10.3 Å². The van der Waals surface area contributed by atoms with Crippen molar-refractivity contribution in [3.05, 3.63) is 95.3 Å². The number of benzene rings is 2. The summed E-state index contributed by atoms with van der Waals surface area (Å²) in [4.78, 5) is 31.7. The summed E-state index contributed by atoms with van der Waals surface area (Å²) in [5, 5.41) is 2.94. The summed E-state index contributed by atoms with van der Waals surface area (Å²) in [5.41, 5.74) is 4.07. The van der Waals surface area contributed by atoms with Crippen LogP contribution in [0, 0.1) is 0 Å². The maximum atomic E-state index is 13.1. The number of aryl methyl sites for hydroxylation is 1. The summed E-state index contributed by atoms with van der Waals surface area (Å²) >= 11 is 0. The van der Waals surface area contributed by atoms with Crippen LogP contribution < -0.4 is 10.2 Å². The van der Waals surface area contributed by atoms with Gasteiger partial charge in [-0.15, -0.1) is 0 Å². The molecule has 0 spiro atoms. The Morgan fingerprint density at radius 3 is 2.67 bits per heavy atom. The smallest absolute Gasteiger partial charge is 0.277 e. The molecule has 1 aliphatic heterocycles. The monoisotopic (exact) mass is 399 g/mol. The van der Waals surface area contributed by atoms with Crippen LogP contribution in [-0.2, 0) is 12.8 Å². The normalized spacial score (nSPS) is 15.0. The van der Waals surface area contributed by atoms with E-state index in [1.165, 1.54) is 11.8 Å². The van der Waals surface area contributed by atoms with Gasteiger partial charge in [0.2, 0.25) is 0 Å². The zero-order valence-electron chi connectivity index (χ0n) is 17.0. The van der Waals surface area contributed by atoms with Gasteiger partial charge in [0, 0.05) is 30.0 Å². The zero-order chi connectivity index (χ0) is 20.9. The number of pyridine rings is 1. The summed E-state index contributed by atoms with van der Waals surface area (Å²) in [6.07, 6.45) is 4.12. The molecule has 5 heteroatoms. The molecule has 3 aromatic rings. The van der Waals surface area contributed by atoms with E-state index in [-0.39, 0.29) is 23.6 Å². The number of rotatable bonds is 6. The van der Waals surface area contributed by atoms with E-state index in [1.54, 1.807) is 17.0 Å². The third-order valence-electron chi connectivity index (χ3n) is 5.44. The van der Waals surface area contributed by atoms with Crippen LogP contribution in [0.5, 0.6) is 0 Å². The summed E-state index contributed by atoms with van der Waals surface area (Å²) < 4.78 is 0. The lowest BCUT2D eigenvalue weighted by atomic mass is 10.1. The van der Waals surface area contributed by atoms with Crippen molar-refractivity contribution in [2.24, 2.45) is 0 Å². The molecule has 0 fully saturated rings. The lowest BCUT2D eigenvalue weighted by molar-refractivity contribution is 0.0953. The van der Waals surface area contributed by atoms with Crippen molar-refractivity contribution in [1.29, 1.82) is 0 Å². The molecule has 0 saturated heterocycles. The Bertz CT molecular complexity index is 1050. The molecule has 2 heterocycles. The average Bonchev–Trinajstić information content (AvgIpc) is 3.12. The molecule has 1 N–H and O–H groups in total. The third-order valence-corrected chi connectivity index (χ3v) is 5.44. The number of amides is 2. The van der Waals surface area contributed by atoms with Crippen molar-refractivity contribution in [2.75, 3.05) is 11.4 Å². The van der Waals surface area contributed by atoms with Gasteiger partial charge >= 0.3 is 0 Å². The molecular weight excluding hydrogens is 374 g/mol. The molecule has 152 valence electrons. The van der Waals surface area contributed by atoms with Gasteiger partial charge in [0.1, 0.15) is 5.69 Å². The van der Waals surface area contributed by atoms with Crippen molar-refractivity contribution in [3.63, 3.8) is 0 Å². The average molecular weight is 399 g/mol. The van der Waals surface area contributed by atoms with E-state index >= 15 is 0 Å². The minimum absolute atomic E-state index is 0.0622. The molecular formula is C25H25N3O2. The van der Waals surface area contributed by atoms with Crippen LogP contribution in [0.25, 0.3) is 0 Å². The molecule has 2 amide bonds. The minimum Gasteiger partial charge on any atom is -0.352 e. The van der Waals surface area contributed by atoms with Gasteiger partial charge in [-0.05, 0) is 55.5 Å². The number of carbonyl (C=O) groups excluding carboxylic acids is 2. The van der Waals surface area contributed by atoms with Crippen LogP contribution in [0.15, 0.2) is 72.9 Å². The maximum absolute atomic E-state index is 13.1. The number of para-hydroxylation sites is 1. The summed E-state index contributed by atoms with van der Waals surface area (Å²) in [7, 11) is 0. The fourth-order valence-corrected chi connectivity index (χ4v) is 3.93. The third kappa shape index (κ3) is 4.25. The van der Waals surface area contributed by atoms with E-state index in [4.69, 9.17) is 0 Å². The fraction of sp³-hybridized carbons (Fsp3) is 0.240. The first-order valence-electron chi connectivity index (χ1n) is 10.3. The molecule has 1 unspecified atom stereocenters. The van der Waals surface area contributed by atoms with Gasteiger partial charge in [-0.1, -0.05) is 48.5 Å². The van der Waals surface area contributed by atoms with Gasteiger partial charge in [0.05, 0.1) is 0 Å². The number of fused-ring (bicyclic) bond motifs is 1. The first kappa shape index (κ1) is 19.8. The van der Waals surface area contributed by atoms with Crippen molar-refractivity contribution >= 4 is 17.5 Å². The van der Waals surface area contributed by atoms with Crippen LogP contribution in [0.2, 0.25) is 0 Å². The molecule has 4 rings (SSSR count).